The molecule has 0 heterocycles. The minimum Gasteiger partial charge on any atom is -0.468 e. The van der Waals surface area contributed by atoms with E-state index in [1.165, 1.54) is 6.07 Å². The minimum absolute atomic E-state index is 0.109. The number of ether oxygens (including phenoxy) is 1. The van der Waals surface area contributed by atoms with Crippen LogP contribution in [-0.4, -0.2) is 17.1 Å². The van der Waals surface area contributed by atoms with Gasteiger partial charge in [-0.2, -0.15) is 5.26 Å². The molecule has 0 aliphatic carbocycles. The van der Waals surface area contributed by atoms with Gasteiger partial charge in [-0.1, -0.05) is 26.8 Å². The molecule has 1 aromatic carbocycles. The van der Waals surface area contributed by atoms with E-state index in [0.29, 0.717) is 19.0 Å². The summed E-state index contributed by atoms with van der Waals surface area (Å²) < 4.78 is 5.36. The molecule has 6 heteroatoms. The van der Waals surface area contributed by atoms with E-state index in [4.69, 9.17) is 10.00 Å². The second-order valence-corrected chi connectivity index (χ2v) is 4.74. The van der Waals surface area contributed by atoms with E-state index in [1.54, 1.807) is 19.1 Å². The van der Waals surface area contributed by atoms with Gasteiger partial charge in [0.1, 0.15) is 6.07 Å². The topological polar surface area (TPSA) is 88.2 Å². The fourth-order valence-corrected chi connectivity index (χ4v) is 1.59. The molecule has 0 radical (unpaired) electrons. The van der Waals surface area contributed by atoms with E-state index < -0.39 is 11.0 Å². The SMILES string of the molecule is CCC(C#N)Oc1ccc(CNC(C)C)cc1[N+](=O)[O-]. The zero-order chi connectivity index (χ0) is 15.1. The molecule has 0 fully saturated rings. The van der Waals surface area contributed by atoms with Crippen LogP contribution in [0.2, 0.25) is 0 Å². The van der Waals surface area contributed by atoms with Gasteiger partial charge in [0, 0.05) is 18.7 Å². The van der Waals surface area contributed by atoms with Crippen molar-refractivity contribution in [3.05, 3.63) is 33.9 Å². The Bertz CT molecular complexity index is 509. The van der Waals surface area contributed by atoms with Gasteiger partial charge in [0.05, 0.1) is 4.92 Å². The molecule has 1 aromatic rings. The van der Waals surface area contributed by atoms with Crippen molar-refractivity contribution < 1.29 is 9.66 Å². The Morgan fingerprint density at radius 3 is 2.70 bits per heavy atom. The summed E-state index contributed by atoms with van der Waals surface area (Å²) in [6.45, 7) is 6.35. The summed E-state index contributed by atoms with van der Waals surface area (Å²) in [5.74, 6) is 0.136. The molecule has 1 rings (SSSR count). The second-order valence-electron chi connectivity index (χ2n) is 4.74. The van der Waals surface area contributed by atoms with Crippen LogP contribution in [0.1, 0.15) is 32.8 Å². The van der Waals surface area contributed by atoms with Crippen molar-refractivity contribution in [2.75, 3.05) is 0 Å². The van der Waals surface area contributed by atoms with Crippen LogP contribution in [0.3, 0.4) is 0 Å². The third kappa shape index (κ3) is 4.52. The predicted molar refractivity (Wildman–Crippen MR) is 75.4 cm³/mol. The first kappa shape index (κ1) is 15.9. The van der Waals surface area contributed by atoms with Crippen LogP contribution in [0, 0.1) is 21.4 Å². The van der Waals surface area contributed by atoms with E-state index >= 15 is 0 Å². The number of rotatable bonds is 7. The van der Waals surface area contributed by atoms with Crippen LogP contribution in [-0.2, 0) is 6.54 Å². The average Bonchev–Trinajstić information content (AvgIpc) is 2.42. The third-order valence-electron chi connectivity index (χ3n) is 2.72. The van der Waals surface area contributed by atoms with E-state index in [2.05, 4.69) is 5.32 Å². The van der Waals surface area contributed by atoms with Gasteiger partial charge in [-0.15, -0.1) is 0 Å². The molecule has 0 bridgehead atoms. The molecule has 0 aliphatic rings. The first-order valence-electron chi connectivity index (χ1n) is 6.54. The fraction of sp³-hybridized carbons (Fsp3) is 0.500. The number of nitrogens with one attached hydrogen (secondary N) is 1. The van der Waals surface area contributed by atoms with Gasteiger partial charge in [0.25, 0.3) is 0 Å². The quantitative estimate of drug-likeness (QED) is 0.611. The number of hydrogen-bond donors (Lipinski definition) is 1. The highest BCUT2D eigenvalue weighted by Gasteiger charge is 2.19. The number of nitrogens with zero attached hydrogens (tertiary/aromatic N) is 2. The van der Waals surface area contributed by atoms with Crippen LogP contribution in [0.4, 0.5) is 5.69 Å². The molecular weight excluding hydrogens is 258 g/mol. The Hall–Kier alpha value is -2.13. The number of nitriles is 1. The van der Waals surface area contributed by atoms with Crippen LogP contribution >= 0.6 is 0 Å². The lowest BCUT2D eigenvalue weighted by Gasteiger charge is -2.12. The van der Waals surface area contributed by atoms with Gasteiger partial charge in [0.15, 0.2) is 11.9 Å². The molecule has 20 heavy (non-hydrogen) atoms. The van der Waals surface area contributed by atoms with Gasteiger partial charge in [0.2, 0.25) is 0 Å². The van der Waals surface area contributed by atoms with Gasteiger partial charge in [-0.25, -0.2) is 0 Å². The van der Waals surface area contributed by atoms with Crippen LogP contribution in [0.25, 0.3) is 0 Å². The van der Waals surface area contributed by atoms with Crippen molar-refractivity contribution in [3.8, 4) is 11.8 Å². The summed E-state index contributed by atoms with van der Waals surface area (Å²) in [4.78, 5) is 10.6. The summed E-state index contributed by atoms with van der Waals surface area (Å²) in [5.41, 5.74) is 0.699. The minimum atomic E-state index is -0.673. The molecule has 1 atom stereocenters. The zero-order valence-electron chi connectivity index (χ0n) is 11.9. The monoisotopic (exact) mass is 277 g/mol. The lowest BCUT2D eigenvalue weighted by molar-refractivity contribution is -0.386. The number of hydrogen-bond acceptors (Lipinski definition) is 5. The molecule has 1 unspecified atom stereocenters. The lowest BCUT2D eigenvalue weighted by Crippen LogP contribution is -2.21. The van der Waals surface area contributed by atoms with Gasteiger partial charge < -0.3 is 10.1 Å². The van der Waals surface area contributed by atoms with Gasteiger partial charge >= 0.3 is 5.69 Å². The maximum absolute atomic E-state index is 11.1. The molecule has 6 nitrogen and oxygen atoms in total. The number of benzene rings is 1. The maximum atomic E-state index is 11.1. The molecule has 0 saturated carbocycles. The number of nitro groups is 1. The Morgan fingerprint density at radius 2 is 2.20 bits per heavy atom. The summed E-state index contributed by atoms with van der Waals surface area (Å²) in [7, 11) is 0. The summed E-state index contributed by atoms with van der Waals surface area (Å²) in [5, 5.41) is 23.1. The number of nitro benzene ring substituents is 1. The van der Waals surface area contributed by atoms with Crippen molar-refractivity contribution in [1.29, 1.82) is 5.26 Å². The zero-order valence-corrected chi connectivity index (χ0v) is 11.9. The van der Waals surface area contributed by atoms with Crippen molar-refractivity contribution in [3.63, 3.8) is 0 Å². The molecule has 0 aromatic heterocycles. The summed E-state index contributed by atoms with van der Waals surface area (Å²) in [6.07, 6.45) is -0.196. The normalized spacial score (nSPS) is 11.9. The maximum Gasteiger partial charge on any atom is 0.311 e. The van der Waals surface area contributed by atoms with Gasteiger partial charge in [-0.05, 0) is 18.1 Å². The molecule has 0 aliphatic heterocycles. The Morgan fingerprint density at radius 1 is 1.50 bits per heavy atom. The average molecular weight is 277 g/mol. The second kappa shape index (κ2) is 7.46. The largest absolute Gasteiger partial charge is 0.468 e. The molecular formula is C14H19N3O3. The van der Waals surface area contributed by atoms with E-state index in [-0.39, 0.29) is 11.4 Å². The predicted octanol–water partition coefficient (Wildman–Crippen LogP) is 2.77. The third-order valence-corrected chi connectivity index (χ3v) is 2.72. The standard InChI is InChI=1S/C14H19N3O3/c1-4-12(8-15)20-14-6-5-11(9-16-10(2)3)7-13(14)17(18)19/h5-7,10,12,16H,4,9H2,1-3H3. The van der Waals surface area contributed by atoms with Crippen LogP contribution < -0.4 is 10.1 Å². The Labute approximate surface area is 118 Å². The lowest BCUT2D eigenvalue weighted by atomic mass is 10.1. The highest BCUT2D eigenvalue weighted by molar-refractivity contribution is 5.49. The van der Waals surface area contributed by atoms with Crippen molar-refractivity contribution in [2.45, 2.75) is 45.9 Å². The first-order chi connectivity index (χ1) is 9.47. The Kier molecular flexibility index (Phi) is 5.94. The van der Waals surface area contributed by atoms with E-state index in [0.717, 1.165) is 5.56 Å². The van der Waals surface area contributed by atoms with Gasteiger partial charge in [-0.3, -0.25) is 10.1 Å². The highest BCUT2D eigenvalue weighted by atomic mass is 16.6. The summed E-state index contributed by atoms with van der Waals surface area (Å²) in [6, 6.07) is 7.06. The Balaban J connectivity index is 2.96. The van der Waals surface area contributed by atoms with Crippen molar-refractivity contribution in [1.82, 2.24) is 5.32 Å². The van der Waals surface area contributed by atoms with E-state index in [1.807, 2.05) is 19.9 Å². The highest BCUT2D eigenvalue weighted by Crippen LogP contribution is 2.29. The molecule has 0 spiro atoms. The van der Waals surface area contributed by atoms with Crippen LogP contribution in [0.5, 0.6) is 5.75 Å². The fourth-order valence-electron chi connectivity index (χ4n) is 1.59. The van der Waals surface area contributed by atoms with Crippen molar-refractivity contribution >= 4 is 5.69 Å². The molecule has 0 amide bonds. The molecule has 1 N–H and O–H groups in total. The van der Waals surface area contributed by atoms with Crippen LogP contribution in [0.15, 0.2) is 18.2 Å². The molecule has 0 saturated heterocycles. The summed E-state index contributed by atoms with van der Waals surface area (Å²) >= 11 is 0. The smallest absolute Gasteiger partial charge is 0.311 e. The van der Waals surface area contributed by atoms with Crippen molar-refractivity contribution in [2.24, 2.45) is 0 Å². The first-order valence-corrected chi connectivity index (χ1v) is 6.54. The van der Waals surface area contributed by atoms with E-state index in [9.17, 15) is 10.1 Å². The molecule has 108 valence electrons.